The average molecular weight is 257 g/mol. The minimum absolute atomic E-state index is 0.897. The Morgan fingerprint density at radius 3 is 3.11 bits per heavy atom. The van der Waals surface area contributed by atoms with Gasteiger partial charge in [-0.05, 0) is 13.0 Å². The zero-order valence-electron chi connectivity index (χ0n) is 11.2. The van der Waals surface area contributed by atoms with Gasteiger partial charge in [-0.3, -0.25) is 4.90 Å². The highest BCUT2D eigenvalue weighted by atomic mass is 15.2. The summed E-state index contributed by atoms with van der Waals surface area (Å²) in [7, 11) is 0. The second kappa shape index (κ2) is 5.40. The van der Waals surface area contributed by atoms with Crippen molar-refractivity contribution in [3.63, 3.8) is 0 Å². The van der Waals surface area contributed by atoms with Crippen LogP contribution in [0.2, 0.25) is 0 Å². The summed E-state index contributed by atoms with van der Waals surface area (Å²) in [5.74, 6) is 2.15. The number of aromatic nitrogens is 3. The van der Waals surface area contributed by atoms with Gasteiger partial charge in [0.05, 0.1) is 6.54 Å². The molecule has 1 aliphatic heterocycles. The molecule has 0 bridgehead atoms. The van der Waals surface area contributed by atoms with Crippen LogP contribution in [0.5, 0.6) is 0 Å². The Morgan fingerprint density at radius 1 is 1.26 bits per heavy atom. The largest absolute Gasteiger partial charge is 0.370 e. The number of imidazole rings is 1. The van der Waals surface area contributed by atoms with Gasteiger partial charge in [0.25, 0.3) is 0 Å². The minimum atomic E-state index is 0.897. The van der Waals surface area contributed by atoms with Crippen LogP contribution in [-0.4, -0.2) is 32.5 Å². The van der Waals surface area contributed by atoms with E-state index in [1.54, 1.807) is 0 Å². The monoisotopic (exact) mass is 257 g/mol. The van der Waals surface area contributed by atoms with Crippen molar-refractivity contribution in [3.8, 4) is 0 Å². The van der Waals surface area contributed by atoms with E-state index in [2.05, 4.69) is 43.9 Å². The van der Waals surface area contributed by atoms with E-state index >= 15 is 0 Å². The summed E-state index contributed by atoms with van der Waals surface area (Å²) in [6.07, 6.45) is 5.78. The normalized spacial score (nSPS) is 15.2. The SMILES string of the molecule is CCNc1ncccc1CN1CCn2ccnc2C1. The molecule has 2 aromatic heterocycles. The summed E-state index contributed by atoms with van der Waals surface area (Å²) in [5.41, 5.74) is 1.25. The molecule has 0 spiro atoms. The number of hydrogen-bond donors (Lipinski definition) is 1. The van der Waals surface area contributed by atoms with E-state index in [9.17, 15) is 0 Å². The van der Waals surface area contributed by atoms with Crippen molar-refractivity contribution < 1.29 is 0 Å². The molecule has 0 atom stereocenters. The maximum Gasteiger partial charge on any atom is 0.130 e. The maximum absolute atomic E-state index is 4.41. The topological polar surface area (TPSA) is 46.0 Å². The zero-order chi connectivity index (χ0) is 13.1. The van der Waals surface area contributed by atoms with Crippen LogP contribution in [0.15, 0.2) is 30.7 Å². The van der Waals surface area contributed by atoms with Gasteiger partial charge in [0.15, 0.2) is 0 Å². The van der Waals surface area contributed by atoms with E-state index in [0.717, 1.165) is 44.4 Å². The molecule has 0 aromatic carbocycles. The number of hydrogen-bond acceptors (Lipinski definition) is 4. The van der Waals surface area contributed by atoms with Gasteiger partial charge in [-0.15, -0.1) is 0 Å². The molecular weight excluding hydrogens is 238 g/mol. The highest BCUT2D eigenvalue weighted by Crippen LogP contribution is 2.17. The number of fused-ring (bicyclic) bond motifs is 1. The zero-order valence-corrected chi connectivity index (χ0v) is 11.2. The van der Waals surface area contributed by atoms with Gasteiger partial charge in [0, 0.05) is 50.3 Å². The number of nitrogens with zero attached hydrogens (tertiary/aromatic N) is 4. The quantitative estimate of drug-likeness (QED) is 0.906. The number of pyridine rings is 1. The van der Waals surface area contributed by atoms with Gasteiger partial charge >= 0.3 is 0 Å². The molecule has 1 aliphatic rings. The first-order valence-corrected chi connectivity index (χ1v) is 6.77. The molecule has 1 N–H and O–H groups in total. The highest BCUT2D eigenvalue weighted by Gasteiger charge is 2.17. The fourth-order valence-corrected chi connectivity index (χ4v) is 2.49. The van der Waals surface area contributed by atoms with E-state index in [-0.39, 0.29) is 0 Å². The third kappa shape index (κ3) is 2.61. The van der Waals surface area contributed by atoms with Crippen molar-refractivity contribution >= 4 is 5.82 Å². The fraction of sp³-hybridized carbons (Fsp3) is 0.429. The second-order valence-corrected chi connectivity index (χ2v) is 4.79. The lowest BCUT2D eigenvalue weighted by molar-refractivity contribution is 0.209. The Kier molecular flexibility index (Phi) is 3.46. The number of rotatable bonds is 4. The van der Waals surface area contributed by atoms with Crippen molar-refractivity contribution in [1.82, 2.24) is 19.4 Å². The Morgan fingerprint density at radius 2 is 2.21 bits per heavy atom. The third-order valence-corrected chi connectivity index (χ3v) is 3.45. The second-order valence-electron chi connectivity index (χ2n) is 4.79. The summed E-state index contributed by atoms with van der Waals surface area (Å²) in [5, 5.41) is 3.32. The molecular formula is C14H19N5. The van der Waals surface area contributed by atoms with Crippen LogP contribution in [0.25, 0.3) is 0 Å². The molecule has 19 heavy (non-hydrogen) atoms. The van der Waals surface area contributed by atoms with Crippen molar-refractivity contribution in [2.75, 3.05) is 18.4 Å². The third-order valence-electron chi connectivity index (χ3n) is 3.45. The first-order valence-electron chi connectivity index (χ1n) is 6.77. The predicted molar refractivity (Wildman–Crippen MR) is 74.7 cm³/mol. The van der Waals surface area contributed by atoms with Gasteiger partial charge in [0.2, 0.25) is 0 Å². The molecule has 0 aliphatic carbocycles. The number of anilines is 1. The Labute approximate surface area is 113 Å². The average Bonchev–Trinajstić information content (AvgIpc) is 2.89. The lowest BCUT2D eigenvalue weighted by atomic mass is 10.2. The van der Waals surface area contributed by atoms with Crippen LogP contribution in [0.1, 0.15) is 18.3 Å². The molecule has 0 radical (unpaired) electrons. The van der Waals surface area contributed by atoms with E-state index in [1.165, 1.54) is 5.56 Å². The van der Waals surface area contributed by atoms with Gasteiger partial charge in [0.1, 0.15) is 11.6 Å². The molecule has 5 nitrogen and oxygen atoms in total. The Hall–Kier alpha value is -1.88. The molecule has 2 aromatic rings. The van der Waals surface area contributed by atoms with E-state index in [0.29, 0.717) is 0 Å². The van der Waals surface area contributed by atoms with Crippen LogP contribution in [-0.2, 0) is 19.6 Å². The Bertz CT molecular complexity index is 548. The van der Waals surface area contributed by atoms with Gasteiger partial charge in [-0.2, -0.15) is 0 Å². The summed E-state index contributed by atoms with van der Waals surface area (Å²) >= 11 is 0. The van der Waals surface area contributed by atoms with Crippen LogP contribution in [0, 0.1) is 0 Å². The van der Waals surface area contributed by atoms with Crippen LogP contribution < -0.4 is 5.32 Å². The molecule has 0 saturated heterocycles. The van der Waals surface area contributed by atoms with Crippen molar-refractivity contribution in [3.05, 3.63) is 42.1 Å². The van der Waals surface area contributed by atoms with Crippen molar-refractivity contribution in [2.45, 2.75) is 26.6 Å². The number of nitrogens with one attached hydrogen (secondary N) is 1. The minimum Gasteiger partial charge on any atom is -0.370 e. The lowest BCUT2D eigenvalue weighted by Crippen LogP contribution is -2.33. The summed E-state index contributed by atoms with van der Waals surface area (Å²) < 4.78 is 2.23. The highest BCUT2D eigenvalue weighted by molar-refractivity contribution is 5.43. The van der Waals surface area contributed by atoms with Crippen LogP contribution >= 0.6 is 0 Å². The fourth-order valence-electron chi connectivity index (χ4n) is 2.49. The van der Waals surface area contributed by atoms with E-state index < -0.39 is 0 Å². The summed E-state index contributed by atoms with van der Waals surface area (Å²) in [6, 6.07) is 4.15. The molecule has 0 fully saturated rings. The summed E-state index contributed by atoms with van der Waals surface area (Å²) in [6.45, 7) is 6.90. The Balaban J connectivity index is 1.72. The lowest BCUT2D eigenvalue weighted by Gasteiger charge is -2.28. The van der Waals surface area contributed by atoms with E-state index in [4.69, 9.17) is 0 Å². The first kappa shape index (κ1) is 12.2. The standard InChI is InChI=1S/C14H19N5/c1-2-15-14-12(4-3-5-17-14)10-18-8-9-19-7-6-16-13(19)11-18/h3-7H,2,8-11H2,1H3,(H,15,17). The molecule has 5 heteroatoms. The van der Waals surface area contributed by atoms with Crippen LogP contribution in [0.3, 0.4) is 0 Å². The molecule has 3 rings (SSSR count). The maximum atomic E-state index is 4.41. The summed E-state index contributed by atoms with van der Waals surface area (Å²) in [4.78, 5) is 11.2. The van der Waals surface area contributed by atoms with Crippen molar-refractivity contribution in [2.24, 2.45) is 0 Å². The molecule has 0 unspecified atom stereocenters. The molecule has 0 amide bonds. The van der Waals surface area contributed by atoms with Gasteiger partial charge in [-0.25, -0.2) is 9.97 Å². The molecule has 100 valence electrons. The first-order chi connectivity index (χ1) is 9.36. The molecule has 3 heterocycles. The van der Waals surface area contributed by atoms with Crippen LogP contribution in [0.4, 0.5) is 5.82 Å². The smallest absolute Gasteiger partial charge is 0.130 e. The molecule has 0 saturated carbocycles. The van der Waals surface area contributed by atoms with Crippen molar-refractivity contribution in [1.29, 1.82) is 0 Å². The van der Waals surface area contributed by atoms with Gasteiger partial charge in [-0.1, -0.05) is 6.07 Å². The predicted octanol–water partition coefficient (Wildman–Crippen LogP) is 1.73. The van der Waals surface area contributed by atoms with Gasteiger partial charge < -0.3 is 9.88 Å². The van der Waals surface area contributed by atoms with E-state index in [1.807, 2.05) is 18.5 Å².